The lowest BCUT2D eigenvalue weighted by Crippen LogP contribution is -3.02. The largest absolute Gasteiger partial charge is 0.481 e. The van der Waals surface area contributed by atoms with Gasteiger partial charge in [0.05, 0.1) is 33.2 Å². The first kappa shape index (κ1) is 35.8. The van der Waals surface area contributed by atoms with Crippen molar-refractivity contribution in [3.05, 3.63) is 70.9 Å². The first-order valence-electron chi connectivity index (χ1n) is 17.5. The number of likely N-dealkylation sites (tertiary alicyclic amines) is 1. The molecule has 4 atom stereocenters. The summed E-state index contributed by atoms with van der Waals surface area (Å²) in [5.41, 5.74) is 5.05. The molecule has 3 aliphatic heterocycles. The maximum absolute atomic E-state index is 12.6. The van der Waals surface area contributed by atoms with E-state index in [4.69, 9.17) is 14.2 Å². The van der Waals surface area contributed by atoms with E-state index in [2.05, 4.69) is 75.7 Å². The molecule has 4 aliphatic rings. The van der Waals surface area contributed by atoms with Crippen molar-refractivity contribution in [1.82, 2.24) is 10.2 Å². The van der Waals surface area contributed by atoms with Gasteiger partial charge in [0.15, 0.2) is 11.5 Å². The van der Waals surface area contributed by atoms with Crippen molar-refractivity contribution in [2.24, 2.45) is 5.92 Å². The molecule has 46 heavy (non-hydrogen) atoms. The summed E-state index contributed by atoms with van der Waals surface area (Å²) >= 11 is 0. The molecule has 0 radical (unpaired) electrons. The number of quaternary nitrogens is 1. The van der Waals surface area contributed by atoms with Crippen molar-refractivity contribution in [1.29, 1.82) is 0 Å². The minimum atomic E-state index is -0.723. The number of hydrogen-bond donors (Lipinski definition) is 3. The molecule has 0 amide bonds. The summed E-state index contributed by atoms with van der Waals surface area (Å²) in [7, 11) is 6.25. The highest BCUT2D eigenvalue weighted by Crippen LogP contribution is 2.44. The number of benzene rings is 2. The van der Waals surface area contributed by atoms with Crippen LogP contribution in [-0.4, -0.2) is 75.8 Å². The van der Waals surface area contributed by atoms with Gasteiger partial charge in [0.2, 0.25) is 6.79 Å². The molecular weight excluding hydrogens is 578 g/mol. The van der Waals surface area contributed by atoms with Crippen LogP contribution < -0.4 is 19.7 Å². The molecule has 3 fully saturated rings. The van der Waals surface area contributed by atoms with E-state index in [1.807, 2.05) is 18.2 Å². The summed E-state index contributed by atoms with van der Waals surface area (Å²) in [6, 6.07) is 14.4. The summed E-state index contributed by atoms with van der Waals surface area (Å²) in [6.45, 7) is 7.97. The number of carbonyl (C=O) groups is 1. The quantitative estimate of drug-likeness (QED) is 0.279. The predicted octanol–water partition coefficient (Wildman–Crippen LogP) is 5.56. The third-order valence-electron chi connectivity index (χ3n) is 8.90. The van der Waals surface area contributed by atoms with E-state index in [0.717, 1.165) is 56.7 Å². The lowest BCUT2D eigenvalue weighted by Gasteiger charge is -2.30. The second-order valence-electron chi connectivity index (χ2n) is 13.7. The molecule has 8 nitrogen and oxygen atoms in total. The molecule has 8 heteroatoms. The fourth-order valence-electron chi connectivity index (χ4n) is 6.48. The Balaban J connectivity index is 0.000000310. The second-order valence-corrected chi connectivity index (χ2v) is 13.7. The number of fused-ring (bicyclic) bond motifs is 1. The van der Waals surface area contributed by atoms with Crippen LogP contribution in [0.15, 0.2) is 54.2 Å². The Morgan fingerprint density at radius 2 is 1.85 bits per heavy atom. The first-order valence-corrected chi connectivity index (χ1v) is 17.5. The number of carboxylic acids is 1. The zero-order valence-corrected chi connectivity index (χ0v) is 28.9. The minimum Gasteiger partial charge on any atom is -0.481 e. The smallest absolute Gasteiger partial charge is 0.308 e. The molecule has 3 heterocycles. The standard InChI is InChI=1S/C27H33NO5.C8H15N.C3H9N/c1-18-5-4-6-19(13-18)15-28-16-22(20-8-11-24-25(14-20)33-17-32-24)26(27(29)30)23(28)10-9-21-7-2-3-12-31-21;1-2-3-6-9-7-8-4-5-8;1-4(2)3/h4-6,8,11,13-14,21-23,26H,2-3,7,9-10,12,15-17H2,1H3,(H,29,30);7,9H,2-6H2,1H3;1-3H3/p+1/t21?,22?,23?,26-;;/m1../s1. The molecule has 1 saturated carbocycles. The van der Waals surface area contributed by atoms with Crippen molar-refractivity contribution in [2.75, 3.05) is 47.6 Å². The van der Waals surface area contributed by atoms with Gasteiger partial charge in [0, 0.05) is 38.2 Å². The zero-order valence-electron chi connectivity index (χ0n) is 28.9. The van der Waals surface area contributed by atoms with E-state index in [0.29, 0.717) is 12.3 Å². The van der Waals surface area contributed by atoms with E-state index in [1.165, 1.54) is 48.1 Å². The fourth-order valence-corrected chi connectivity index (χ4v) is 6.48. The van der Waals surface area contributed by atoms with E-state index in [1.54, 1.807) is 5.57 Å². The predicted molar refractivity (Wildman–Crippen MR) is 184 cm³/mol. The molecule has 2 aromatic rings. The maximum atomic E-state index is 12.6. The van der Waals surface area contributed by atoms with Gasteiger partial charge in [-0.15, -0.1) is 0 Å². The monoisotopic (exact) mass is 636 g/mol. The van der Waals surface area contributed by atoms with Crippen molar-refractivity contribution in [3.63, 3.8) is 0 Å². The van der Waals surface area contributed by atoms with Crippen LogP contribution in [0.4, 0.5) is 0 Å². The number of nitrogens with one attached hydrogen (secondary N) is 2. The lowest BCUT2D eigenvalue weighted by atomic mass is 9.83. The van der Waals surface area contributed by atoms with Crippen LogP contribution >= 0.6 is 0 Å². The Hall–Kier alpha value is -3.07. The molecule has 3 N–H and O–H groups in total. The van der Waals surface area contributed by atoms with Gasteiger partial charge in [-0.1, -0.05) is 54.8 Å². The number of nitrogens with zero attached hydrogens (tertiary/aromatic N) is 1. The summed E-state index contributed by atoms with van der Waals surface area (Å²) in [4.78, 5) is 16.4. The van der Waals surface area contributed by atoms with Gasteiger partial charge in [-0.3, -0.25) is 9.69 Å². The minimum absolute atomic E-state index is 0.0380. The van der Waals surface area contributed by atoms with Crippen LogP contribution in [0.3, 0.4) is 0 Å². The van der Waals surface area contributed by atoms with Gasteiger partial charge in [-0.2, -0.15) is 0 Å². The molecular formula is C38H58N3O5+. The van der Waals surface area contributed by atoms with Crippen molar-refractivity contribution in [2.45, 2.75) is 96.2 Å². The molecule has 1 aliphatic carbocycles. The van der Waals surface area contributed by atoms with Crippen LogP contribution in [0.1, 0.15) is 87.3 Å². The molecule has 2 aromatic carbocycles. The van der Waals surface area contributed by atoms with Gasteiger partial charge in [0.25, 0.3) is 0 Å². The number of rotatable bonds is 11. The van der Waals surface area contributed by atoms with Gasteiger partial charge >= 0.3 is 5.97 Å². The van der Waals surface area contributed by atoms with E-state index in [9.17, 15) is 9.90 Å². The first-order chi connectivity index (χ1) is 22.2. The number of unbranched alkanes of at least 4 members (excludes halogenated alkanes) is 1. The lowest BCUT2D eigenvalue weighted by molar-refractivity contribution is -0.836. The van der Waals surface area contributed by atoms with Crippen molar-refractivity contribution >= 4 is 5.97 Å². The summed E-state index contributed by atoms with van der Waals surface area (Å²) in [6.07, 6.45) is 12.8. The van der Waals surface area contributed by atoms with Crippen LogP contribution in [0.2, 0.25) is 0 Å². The summed E-state index contributed by atoms with van der Waals surface area (Å²) in [5, 5.41) is 13.6. The fraction of sp³-hybridized carbons (Fsp3) is 0.605. The van der Waals surface area contributed by atoms with Gasteiger partial charge < -0.3 is 29.5 Å². The second kappa shape index (κ2) is 18.3. The molecule has 0 spiro atoms. The number of hydrogen-bond acceptors (Lipinski definition) is 6. The average Bonchev–Trinajstić information content (AvgIpc) is 3.61. The Morgan fingerprint density at radius 1 is 1.07 bits per heavy atom. The van der Waals surface area contributed by atoms with Crippen LogP contribution in [0.5, 0.6) is 11.5 Å². The Labute approximate surface area is 277 Å². The average molecular weight is 637 g/mol. The normalized spacial score (nSPS) is 23.2. The SMILES string of the molecule is CCCCNC=C1CC1.C[NH+](C)C.Cc1cccc(CN2CC(c3ccc4c(c3)OCO4)[C@@H](C(=O)O)C2CCC2CCCCO2)c1. The van der Waals surface area contributed by atoms with E-state index < -0.39 is 11.9 Å². The van der Waals surface area contributed by atoms with Crippen molar-refractivity contribution < 1.29 is 29.0 Å². The summed E-state index contributed by atoms with van der Waals surface area (Å²) < 4.78 is 17.0. The van der Waals surface area contributed by atoms with Crippen LogP contribution in [-0.2, 0) is 16.1 Å². The number of aliphatic carboxylic acids is 1. The molecule has 254 valence electrons. The van der Waals surface area contributed by atoms with Gasteiger partial charge in [0.1, 0.15) is 0 Å². The van der Waals surface area contributed by atoms with Crippen LogP contribution in [0, 0.1) is 12.8 Å². The highest BCUT2D eigenvalue weighted by atomic mass is 16.7. The van der Waals surface area contributed by atoms with Crippen LogP contribution in [0.25, 0.3) is 0 Å². The molecule has 6 rings (SSSR count). The summed E-state index contributed by atoms with van der Waals surface area (Å²) in [5.74, 6) is 0.143. The third kappa shape index (κ3) is 11.3. The number of carboxylic acid groups (broad SMARTS) is 1. The topological polar surface area (TPSA) is 84.7 Å². The third-order valence-corrected chi connectivity index (χ3v) is 8.90. The zero-order chi connectivity index (χ0) is 32.9. The van der Waals surface area contributed by atoms with Crippen molar-refractivity contribution in [3.8, 4) is 11.5 Å². The number of allylic oxidation sites excluding steroid dienone is 1. The highest BCUT2D eigenvalue weighted by Gasteiger charge is 2.46. The molecule has 3 unspecified atom stereocenters. The van der Waals surface area contributed by atoms with E-state index >= 15 is 0 Å². The molecule has 0 aromatic heterocycles. The number of ether oxygens (including phenoxy) is 3. The number of aryl methyl sites for hydroxylation is 1. The Morgan fingerprint density at radius 3 is 2.52 bits per heavy atom. The Bertz CT molecular complexity index is 1250. The van der Waals surface area contributed by atoms with Gasteiger partial charge in [-0.05, 0) is 87.7 Å². The van der Waals surface area contributed by atoms with Gasteiger partial charge in [-0.25, -0.2) is 0 Å². The maximum Gasteiger partial charge on any atom is 0.308 e. The Kier molecular flexibility index (Phi) is 14.2. The van der Waals surface area contributed by atoms with E-state index in [-0.39, 0.29) is 24.9 Å². The molecule has 2 saturated heterocycles. The molecule has 0 bridgehead atoms. The highest BCUT2D eigenvalue weighted by molar-refractivity contribution is 5.73.